The molecule has 2 aliphatic heterocycles. The van der Waals surface area contributed by atoms with Crippen LogP contribution in [0.4, 0.5) is 4.39 Å². The van der Waals surface area contributed by atoms with Crippen molar-refractivity contribution >= 4 is 17.4 Å². The maximum atomic E-state index is 13.4. The highest BCUT2D eigenvalue weighted by molar-refractivity contribution is 6.46. The van der Waals surface area contributed by atoms with E-state index >= 15 is 0 Å². The zero-order valence-electron chi connectivity index (χ0n) is 18.1. The zero-order chi connectivity index (χ0) is 22.7. The van der Waals surface area contributed by atoms with Crippen LogP contribution in [0.15, 0.2) is 54.1 Å². The van der Waals surface area contributed by atoms with E-state index < -0.39 is 23.5 Å². The van der Waals surface area contributed by atoms with E-state index in [2.05, 4.69) is 4.90 Å². The minimum absolute atomic E-state index is 0.0205. The number of likely N-dealkylation sites (tertiary alicyclic amines) is 2. The second kappa shape index (κ2) is 9.53. The molecule has 2 fully saturated rings. The average Bonchev–Trinajstić information content (AvgIpc) is 3.40. The number of aliphatic hydroxyl groups excluding tert-OH is 1. The fourth-order valence-corrected chi connectivity index (χ4v) is 4.39. The number of halogens is 1. The standard InChI is InChI=1S/C25H27FN2O4/c1-2-32-20-11-7-17(8-12-20)22-21(23(29)18-5-9-19(26)10-6-18)24(30)25(31)28(22)16-15-27-13-3-4-14-27/h5-12,22,29H,2-4,13-16H2,1H3/b23-21+. The molecule has 0 bridgehead atoms. The van der Waals surface area contributed by atoms with Gasteiger partial charge in [-0.05, 0) is 74.8 Å². The molecule has 2 saturated heterocycles. The van der Waals surface area contributed by atoms with Crippen LogP contribution in [0, 0.1) is 5.82 Å². The Morgan fingerprint density at radius 1 is 1.03 bits per heavy atom. The van der Waals surface area contributed by atoms with E-state index in [-0.39, 0.29) is 11.3 Å². The lowest BCUT2D eigenvalue weighted by molar-refractivity contribution is -0.140. The third-order valence-corrected chi connectivity index (χ3v) is 6.02. The van der Waals surface area contributed by atoms with E-state index in [1.54, 1.807) is 12.1 Å². The number of benzene rings is 2. The van der Waals surface area contributed by atoms with Crippen molar-refractivity contribution in [1.82, 2.24) is 9.80 Å². The normalized spacial score (nSPS) is 20.8. The zero-order valence-corrected chi connectivity index (χ0v) is 18.1. The van der Waals surface area contributed by atoms with Crippen molar-refractivity contribution in [2.45, 2.75) is 25.8 Å². The monoisotopic (exact) mass is 438 g/mol. The highest BCUT2D eigenvalue weighted by Crippen LogP contribution is 2.39. The third-order valence-electron chi connectivity index (χ3n) is 6.02. The number of hydrogen-bond acceptors (Lipinski definition) is 5. The van der Waals surface area contributed by atoms with Crippen molar-refractivity contribution in [2.75, 3.05) is 32.8 Å². The summed E-state index contributed by atoms with van der Waals surface area (Å²) in [5.74, 6) is -1.43. The number of carbonyl (C=O) groups is 2. The van der Waals surface area contributed by atoms with Crippen LogP contribution in [0.5, 0.6) is 5.75 Å². The van der Waals surface area contributed by atoms with Crippen LogP contribution < -0.4 is 4.74 Å². The summed E-state index contributed by atoms with van der Waals surface area (Å²) in [6.07, 6.45) is 2.26. The predicted molar refractivity (Wildman–Crippen MR) is 119 cm³/mol. The van der Waals surface area contributed by atoms with Crippen molar-refractivity contribution in [1.29, 1.82) is 0 Å². The van der Waals surface area contributed by atoms with Crippen LogP contribution in [0.3, 0.4) is 0 Å². The summed E-state index contributed by atoms with van der Waals surface area (Å²) in [5.41, 5.74) is 1.02. The molecule has 1 atom stereocenters. The highest BCUT2D eigenvalue weighted by Gasteiger charge is 2.46. The van der Waals surface area contributed by atoms with E-state index in [0.29, 0.717) is 36.6 Å². The first-order chi connectivity index (χ1) is 15.5. The van der Waals surface area contributed by atoms with Crippen LogP contribution in [-0.4, -0.2) is 59.4 Å². The van der Waals surface area contributed by atoms with Crippen molar-refractivity contribution in [2.24, 2.45) is 0 Å². The molecule has 0 aromatic heterocycles. The molecule has 1 unspecified atom stereocenters. The van der Waals surface area contributed by atoms with Crippen LogP contribution in [0.25, 0.3) is 5.76 Å². The first kappa shape index (κ1) is 22.0. The van der Waals surface area contributed by atoms with E-state index in [1.807, 2.05) is 19.1 Å². The first-order valence-corrected chi connectivity index (χ1v) is 11.0. The Bertz CT molecular complexity index is 1010. The average molecular weight is 438 g/mol. The summed E-state index contributed by atoms with van der Waals surface area (Å²) in [4.78, 5) is 29.8. The summed E-state index contributed by atoms with van der Waals surface area (Å²) in [6.45, 7) is 5.42. The maximum absolute atomic E-state index is 13.4. The molecule has 0 spiro atoms. The molecule has 2 aromatic carbocycles. The largest absolute Gasteiger partial charge is 0.507 e. The van der Waals surface area contributed by atoms with Crippen LogP contribution in [0.2, 0.25) is 0 Å². The Balaban J connectivity index is 1.73. The fourth-order valence-electron chi connectivity index (χ4n) is 4.39. The van der Waals surface area contributed by atoms with Crippen LogP contribution >= 0.6 is 0 Å². The van der Waals surface area contributed by atoms with Gasteiger partial charge in [-0.1, -0.05) is 12.1 Å². The summed E-state index contributed by atoms with van der Waals surface area (Å²) in [7, 11) is 0. The van der Waals surface area contributed by atoms with Crippen molar-refractivity contribution < 1.29 is 23.8 Å². The van der Waals surface area contributed by atoms with Crippen LogP contribution in [0.1, 0.15) is 36.9 Å². The van der Waals surface area contributed by atoms with E-state index in [4.69, 9.17) is 4.74 Å². The molecule has 1 N–H and O–H groups in total. The molecule has 2 aliphatic rings. The van der Waals surface area contributed by atoms with Gasteiger partial charge in [0.15, 0.2) is 0 Å². The molecule has 4 rings (SSSR count). The van der Waals surface area contributed by atoms with Gasteiger partial charge in [0, 0.05) is 18.7 Å². The molecule has 168 valence electrons. The molecule has 6 nitrogen and oxygen atoms in total. The van der Waals surface area contributed by atoms with Gasteiger partial charge in [0.2, 0.25) is 0 Å². The van der Waals surface area contributed by atoms with Crippen molar-refractivity contribution in [3.63, 3.8) is 0 Å². The predicted octanol–water partition coefficient (Wildman–Crippen LogP) is 3.74. The number of nitrogens with zero attached hydrogens (tertiary/aromatic N) is 2. The van der Waals surface area contributed by atoms with E-state index in [9.17, 15) is 19.1 Å². The number of rotatable bonds is 7. The summed E-state index contributed by atoms with van der Waals surface area (Å²) in [5, 5.41) is 11.0. The van der Waals surface area contributed by atoms with Gasteiger partial charge in [-0.25, -0.2) is 4.39 Å². The summed E-state index contributed by atoms with van der Waals surface area (Å²) >= 11 is 0. The van der Waals surface area contributed by atoms with Gasteiger partial charge in [0.25, 0.3) is 11.7 Å². The fraction of sp³-hybridized carbons (Fsp3) is 0.360. The molecule has 0 saturated carbocycles. The minimum atomic E-state index is -0.730. The second-order valence-electron chi connectivity index (χ2n) is 8.05. The molecule has 2 aromatic rings. The Hall–Kier alpha value is -3.19. The molecular weight excluding hydrogens is 411 g/mol. The van der Waals surface area contributed by atoms with Gasteiger partial charge in [-0.3, -0.25) is 9.59 Å². The first-order valence-electron chi connectivity index (χ1n) is 11.0. The molecule has 32 heavy (non-hydrogen) atoms. The molecular formula is C25H27FN2O4. The lowest BCUT2D eigenvalue weighted by Gasteiger charge is -2.27. The quantitative estimate of drug-likeness (QED) is 0.405. The summed E-state index contributed by atoms with van der Waals surface area (Å²) < 4.78 is 18.9. The smallest absolute Gasteiger partial charge is 0.295 e. The van der Waals surface area contributed by atoms with E-state index in [0.717, 1.165) is 25.9 Å². The third kappa shape index (κ3) is 4.39. The molecule has 0 aliphatic carbocycles. The van der Waals surface area contributed by atoms with Gasteiger partial charge < -0.3 is 19.6 Å². The van der Waals surface area contributed by atoms with Crippen LogP contribution in [-0.2, 0) is 9.59 Å². The Kier molecular flexibility index (Phi) is 6.55. The van der Waals surface area contributed by atoms with Gasteiger partial charge in [-0.15, -0.1) is 0 Å². The molecule has 1 amide bonds. The Morgan fingerprint density at radius 3 is 2.31 bits per heavy atom. The number of Topliss-reactive ketones (excluding diaryl/α,β-unsaturated/α-hetero) is 1. The SMILES string of the molecule is CCOc1ccc(C2/C(=C(\O)c3ccc(F)cc3)C(=O)C(=O)N2CCN2CCCC2)cc1. The number of ether oxygens (including phenoxy) is 1. The Morgan fingerprint density at radius 2 is 1.69 bits per heavy atom. The number of amides is 1. The van der Waals surface area contributed by atoms with Gasteiger partial charge in [-0.2, -0.15) is 0 Å². The minimum Gasteiger partial charge on any atom is -0.507 e. The van der Waals surface area contributed by atoms with E-state index in [1.165, 1.54) is 29.2 Å². The second-order valence-corrected chi connectivity index (χ2v) is 8.05. The van der Waals surface area contributed by atoms with Gasteiger partial charge in [0.05, 0.1) is 18.2 Å². The van der Waals surface area contributed by atoms with Gasteiger partial charge >= 0.3 is 0 Å². The lowest BCUT2D eigenvalue weighted by Crippen LogP contribution is -2.37. The van der Waals surface area contributed by atoms with Crippen molar-refractivity contribution in [3.8, 4) is 5.75 Å². The maximum Gasteiger partial charge on any atom is 0.295 e. The van der Waals surface area contributed by atoms with Gasteiger partial charge in [0.1, 0.15) is 17.3 Å². The number of carbonyl (C=O) groups excluding carboxylic acids is 2. The molecule has 7 heteroatoms. The number of ketones is 1. The number of aliphatic hydroxyl groups is 1. The Labute approximate surface area is 186 Å². The lowest BCUT2D eigenvalue weighted by atomic mass is 9.95. The summed E-state index contributed by atoms with van der Waals surface area (Å²) in [6, 6.07) is 11.7. The highest BCUT2D eigenvalue weighted by atomic mass is 19.1. The topological polar surface area (TPSA) is 70.1 Å². The number of hydrogen-bond donors (Lipinski definition) is 1. The molecule has 2 heterocycles. The molecule has 0 radical (unpaired) electrons. The van der Waals surface area contributed by atoms with Crippen molar-refractivity contribution in [3.05, 3.63) is 71.0 Å².